The highest BCUT2D eigenvalue weighted by Gasteiger charge is 2.31. The number of benzene rings is 2. The van der Waals surface area contributed by atoms with E-state index < -0.39 is 0 Å². The number of hydrogen-bond donors (Lipinski definition) is 1. The molecule has 0 aliphatic carbocycles. The van der Waals surface area contributed by atoms with Crippen LogP contribution in [0.25, 0.3) is 5.69 Å². The zero-order valence-corrected chi connectivity index (χ0v) is 14.6. The first-order valence-corrected chi connectivity index (χ1v) is 8.36. The molecule has 0 saturated heterocycles. The maximum Gasteiger partial charge on any atom is 0.226 e. The molecule has 1 aliphatic rings. The van der Waals surface area contributed by atoms with E-state index in [1.165, 1.54) is 0 Å². The highest BCUT2D eigenvalue weighted by Crippen LogP contribution is 2.41. The fourth-order valence-electron chi connectivity index (χ4n) is 3.37. The summed E-state index contributed by atoms with van der Waals surface area (Å²) in [6.45, 7) is 0. The standard InChI is InChI=1S/C20H19N3O3/c1-25-14-9-7-13(8-10-14)23-20-17(12-21-23)16(11-19(24)22-20)15-5-3-4-6-18(15)26-2/h3-10,12,16H,11H2,1-2H3,(H,22,24). The number of nitrogens with zero attached hydrogens (tertiary/aromatic N) is 2. The van der Waals surface area contributed by atoms with E-state index in [2.05, 4.69) is 10.4 Å². The van der Waals surface area contributed by atoms with E-state index in [9.17, 15) is 4.79 Å². The number of fused-ring (bicyclic) bond motifs is 1. The van der Waals surface area contributed by atoms with Crippen molar-refractivity contribution in [2.75, 3.05) is 19.5 Å². The Morgan fingerprint density at radius 3 is 2.54 bits per heavy atom. The van der Waals surface area contributed by atoms with E-state index >= 15 is 0 Å². The number of rotatable bonds is 4. The summed E-state index contributed by atoms with van der Waals surface area (Å²) in [5.74, 6) is 2.11. The van der Waals surface area contributed by atoms with Gasteiger partial charge in [0.15, 0.2) is 0 Å². The second-order valence-corrected chi connectivity index (χ2v) is 6.11. The molecule has 1 N–H and O–H groups in total. The van der Waals surface area contributed by atoms with Crippen LogP contribution in [-0.2, 0) is 4.79 Å². The van der Waals surface area contributed by atoms with Crippen LogP contribution in [0.5, 0.6) is 11.5 Å². The van der Waals surface area contributed by atoms with Crippen LogP contribution in [-0.4, -0.2) is 29.9 Å². The fourth-order valence-corrected chi connectivity index (χ4v) is 3.37. The minimum atomic E-state index is -0.0955. The lowest BCUT2D eigenvalue weighted by Crippen LogP contribution is -2.24. The Morgan fingerprint density at radius 1 is 1.04 bits per heavy atom. The van der Waals surface area contributed by atoms with Gasteiger partial charge in [-0.05, 0) is 30.3 Å². The van der Waals surface area contributed by atoms with Crippen LogP contribution >= 0.6 is 0 Å². The number of hydrogen-bond acceptors (Lipinski definition) is 4. The number of carbonyl (C=O) groups is 1. The molecule has 1 aliphatic heterocycles. The number of carbonyl (C=O) groups excluding carboxylic acids is 1. The monoisotopic (exact) mass is 349 g/mol. The number of aromatic nitrogens is 2. The Balaban J connectivity index is 1.80. The summed E-state index contributed by atoms with van der Waals surface area (Å²) >= 11 is 0. The normalized spacial score (nSPS) is 15.9. The lowest BCUT2D eigenvalue weighted by molar-refractivity contribution is -0.116. The van der Waals surface area contributed by atoms with Crippen molar-refractivity contribution in [1.29, 1.82) is 0 Å². The van der Waals surface area contributed by atoms with Crippen LogP contribution in [0.3, 0.4) is 0 Å². The van der Waals surface area contributed by atoms with Gasteiger partial charge >= 0.3 is 0 Å². The number of amides is 1. The molecule has 1 atom stereocenters. The second kappa shape index (κ2) is 6.55. The summed E-state index contributed by atoms with van der Waals surface area (Å²) < 4.78 is 12.4. The predicted molar refractivity (Wildman–Crippen MR) is 98.2 cm³/mol. The Bertz CT molecular complexity index is 947. The number of ether oxygens (including phenoxy) is 2. The molecule has 0 radical (unpaired) electrons. The van der Waals surface area contributed by atoms with Crippen molar-refractivity contribution in [3.63, 3.8) is 0 Å². The van der Waals surface area contributed by atoms with Gasteiger partial charge in [0.05, 0.1) is 26.1 Å². The van der Waals surface area contributed by atoms with Crippen molar-refractivity contribution in [2.24, 2.45) is 0 Å². The van der Waals surface area contributed by atoms with Crippen LogP contribution in [0, 0.1) is 0 Å². The molecule has 0 bridgehead atoms. The molecule has 0 saturated carbocycles. The molecule has 1 amide bonds. The molecule has 2 heterocycles. The van der Waals surface area contributed by atoms with Gasteiger partial charge in [0.1, 0.15) is 17.3 Å². The van der Waals surface area contributed by atoms with Gasteiger partial charge in [0, 0.05) is 23.5 Å². The van der Waals surface area contributed by atoms with Crippen LogP contribution in [0.1, 0.15) is 23.5 Å². The van der Waals surface area contributed by atoms with Crippen molar-refractivity contribution < 1.29 is 14.3 Å². The third-order valence-corrected chi connectivity index (χ3v) is 4.65. The Morgan fingerprint density at radius 2 is 1.81 bits per heavy atom. The molecular weight excluding hydrogens is 330 g/mol. The third kappa shape index (κ3) is 2.69. The van der Waals surface area contributed by atoms with Crippen molar-refractivity contribution in [1.82, 2.24) is 9.78 Å². The van der Waals surface area contributed by atoms with Gasteiger partial charge in [-0.3, -0.25) is 4.79 Å². The topological polar surface area (TPSA) is 65.4 Å². The van der Waals surface area contributed by atoms with E-state index in [0.29, 0.717) is 12.2 Å². The first-order chi connectivity index (χ1) is 12.7. The molecule has 1 unspecified atom stereocenters. The first-order valence-electron chi connectivity index (χ1n) is 8.36. The molecule has 6 nitrogen and oxygen atoms in total. The molecule has 26 heavy (non-hydrogen) atoms. The summed E-state index contributed by atoms with van der Waals surface area (Å²) in [6, 6.07) is 15.3. The van der Waals surface area contributed by atoms with E-state index in [-0.39, 0.29) is 11.8 Å². The largest absolute Gasteiger partial charge is 0.497 e. The lowest BCUT2D eigenvalue weighted by Gasteiger charge is -2.25. The minimum Gasteiger partial charge on any atom is -0.497 e. The zero-order chi connectivity index (χ0) is 18.1. The molecule has 0 spiro atoms. The van der Waals surface area contributed by atoms with Gasteiger partial charge < -0.3 is 14.8 Å². The zero-order valence-electron chi connectivity index (χ0n) is 14.6. The molecule has 4 rings (SSSR count). The van der Waals surface area contributed by atoms with Gasteiger partial charge in [-0.2, -0.15) is 5.10 Å². The van der Waals surface area contributed by atoms with Gasteiger partial charge in [-0.1, -0.05) is 18.2 Å². The maximum atomic E-state index is 12.4. The SMILES string of the molecule is COc1ccc(-n2ncc3c2NC(=O)CC3c2ccccc2OC)cc1. The predicted octanol–water partition coefficient (Wildman–Crippen LogP) is 3.36. The molecular formula is C20H19N3O3. The Kier molecular flexibility index (Phi) is 4.08. The summed E-state index contributed by atoms with van der Waals surface area (Å²) in [7, 11) is 3.27. The van der Waals surface area contributed by atoms with Crippen LogP contribution in [0.4, 0.5) is 5.82 Å². The average Bonchev–Trinajstić information content (AvgIpc) is 3.11. The average molecular weight is 349 g/mol. The number of para-hydroxylation sites is 1. The second-order valence-electron chi connectivity index (χ2n) is 6.11. The van der Waals surface area contributed by atoms with E-state index in [0.717, 1.165) is 28.3 Å². The Hall–Kier alpha value is -3.28. The van der Waals surface area contributed by atoms with Crippen molar-refractivity contribution >= 4 is 11.7 Å². The van der Waals surface area contributed by atoms with Crippen molar-refractivity contribution in [3.05, 3.63) is 65.9 Å². The van der Waals surface area contributed by atoms with E-state index in [1.54, 1.807) is 18.9 Å². The fraction of sp³-hybridized carbons (Fsp3) is 0.200. The maximum absolute atomic E-state index is 12.4. The highest BCUT2D eigenvalue weighted by molar-refractivity contribution is 5.94. The minimum absolute atomic E-state index is 0.0383. The molecule has 0 fully saturated rings. The third-order valence-electron chi connectivity index (χ3n) is 4.65. The molecule has 2 aromatic carbocycles. The summed E-state index contributed by atoms with van der Waals surface area (Å²) in [4.78, 5) is 12.4. The number of methoxy groups -OCH3 is 2. The molecule has 6 heteroatoms. The highest BCUT2D eigenvalue weighted by atomic mass is 16.5. The van der Waals surface area contributed by atoms with Gasteiger partial charge in [-0.15, -0.1) is 0 Å². The first kappa shape index (κ1) is 16.2. The van der Waals surface area contributed by atoms with Crippen molar-refractivity contribution in [3.8, 4) is 17.2 Å². The summed E-state index contributed by atoms with van der Waals surface area (Å²) in [5.41, 5.74) is 2.82. The Labute approximate surface area is 151 Å². The van der Waals surface area contributed by atoms with Crippen molar-refractivity contribution in [2.45, 2.75) is 12.3 Å². The van der Waals surface area contributed by atoms with Crippen LogP contribution in [0.15, 0.2) is 54.7 Å². The lowest BCUT2D eigenvalue weighted by atomic mass is 9.87. The van der Waals surface area contributed by atoms with Crippen LogP contribution in [0.2, 0.25) is 0 Å². The number of nitrogens with one attached hydrogen (secondary N) is 1. The number of anilines is 1. The smallest absolute Gasteiger partial charge is 0.226 e. The molecule has 132 valence electrons. The quantitative estimate of drug-likeness (QED) is 0.784. The van der Waals surface area contributed by atoms with E-state index in [1.807, 2.05) is 54.7 Å². The molecule has 3 aromatic rings. The van der Waals surface area contributed by atoms with Gasteiger partial charge in [-0.25, -0.2) is 4.68 Å². The molecule has 1 aromatic heterocycles. The van der Waals surface area contributed by atoms with Gasteiger partial charge in [0.25, 0.3) is 0 Å². The van der Waals surface area contributed by atoms with Gasteiger partial charge in [0.2, 0.25) is 5.91 Å². The summed E-state index contributed by atoms with van der Waals surface area (Å²) in [6.07, 6.45) is 2.18. The van der Waals surface area contributed by atoms with Crippen LogP contribution < -0.4 is 14.8 Å². The van der Waals surface area contributed by atoms with E-state index in [4.69, 9.17) is 9.47 Å². The summed E-state index contributed by atoms with van der Waals surface area (Å²) in [5, 5.41) is 7.47.